The second-order valence-electron chi connectivity index (χ2n) is 4.51. The summed E-state index contributed by atoms with van der Waals surface area (Å²) in [4.78, 5) is 18.4. The van der Waals surface area contributed by atoms with Crippen LogP contribution in [0.25, 0.3) is 11.2 Å². The van der Waals surface area contributed by atoms with Gasteiger partial charge in [-0.05, 0) is 12.5 Å². The number of nitrogens with one attached hydrogen (secondary N) is 1. The number of aromatic amines is 1. The van der Waals surface area contributed by atoms with Gasteiger partial charge < -0.3 is 9.64 Å². The van der Waals surface area contributed by atoms with Crippen molar-refractivity contribution in [1.82, 2.24) is 25.3 Å². The van der Waals surface area contributed by atoms with Gasteiger partial charge in [-0.15, -0.1) is 5.10 Å². The van der Waals surface area contributed by atoms with Crippen molar-refractivity contribution in [2.45, 2.75) is 19.4 Å². The monoisotopic (exact) mass is 261 g/mol. The van der Waals surface area contributed by atoms with E-state index in [0.29, 0.717) is 36.4 Å². The normalized spacial score (nSPS) is 19.8. The van der Waals surface area contributed by atoms with Crippen molar-refractivity contribution in [3.05, 3.63) is 17.8 Å². The minimum atomic E-state index is -0.0388. The fourth-order valence-corrected chi connectivity index (χ4v) is 2.25. The molecule has 0 spiro atoms. The topological polar surface area (TPSA) is 84.0 Å². The van der Waals surface area contributed by atoms with Gasteiger partial charge in [0, 0.05) is 19.3 Å². The fraction of sp³-hybridized carbons (Fsp3) is 0.500. The van der Waals surface area contributed by atoms with Crippen LogP contribution in [0, 0.1) is 0 Å². The zero-order valence-corrected chi connectivity index (χ0v) is 10.7. The Kier molecular flexibility index (Phi) is 3.12. The summed E-state index contributed by atoms with van der Waals surface area (Å²) >= 11 is 0. The molecular weight excluding hydrogens is 246 g/mol. The second kappa shape index (κ2) is 4.93. The number of amides is 1. The number of nitrogens with zero attached hydrogens (tertiary/aromatic N) is 4. The van der Waals surface area contributed by atoms with Crippen LogP contribution in [-0.2, 0) is 4.74 Å². The lowest BCUT2D eigenvalue weighted by Crippen LogP contribution is -2.45. The summed E-state index contributed by atoms with van der Waals surface area (Å²) < 4.78 is 5.58. The lowest BCUT2D eigenvalue weighted by atomic mass is 10.1. The Balaban J connectivity index is 1.89. The third-order valence-electron chi connectivity index (χ3n) is 3.33. The molecule has 1 aliphatic rings. The van der Waals surface area contributed by atoms with E-state index in [9.17, 15) is 4.79 Å². The van der Waals surface area contributed by atoms with Crippen LogP contribution in [0.5, 0.6) is 0 Å². The van der Waals surface area contributed by atoms with Crippen molar-refractivity contribution in [3.8, 4) is 0 Å². The number of pyridine rings is 1. The minimum Gasteiger partial charge on any atom is -0.375 e. The standard InChI is InChI=1S/C12H15N5O2/c1-2-8-7-17(5-6-19-8)12(18)9-3-4-13-11-10(9)14-16-15-11/h3-4,8H,2,5-7H2,1H3,(H,13,14,15,16). The summed E-state index contributed by atoms with van der Waals surface area (Å²) in [7, 11) is 0. The van der Waals surface area contributed by atoms with Crippen molar-refractivity contribution in [2.24, 2.45) is 0 Å². The number of ether oxygens (including phenoxy) is 1. The van der Waals surface area contributed by atoms with E-state index >= 15 is 0 Å². The maximum atomic E-state index is 12.5. The molecule has 7 heteroatoms. The number of morpholine rings is 1. The molecule has 7 nitrogen and oxygen atoms in total. The van der Waals surface area contributed by atoms with E-state index < -0.39 is 0 Å². The van der Waals surface area contributed by atoms with E-state index in [2.05, 4.69) is 27.3 Å². The van der Waals surface area contributed by atoms with Gasteiger partial charge in [0.2, 0.25) is 5.65 Å². The average Bonchev–Trinajstić information content (AvgIpc) is 2.95. The Hall–Kier alpha value is -2.02. The van der Waals surface area contributed by atoms with Gasteiger partial charge in [-0.3, -0.25) is 4.79 Å². The van der Waals surface area contributed by atoms with Gasteiger partial charge in [-0.1, -0.05) is 6.92 Å². The van der Waals surface area contributed by atoms with E-state index in [1.165, 1.54) is 0 Å². The van der Waals surface area contributed by atoms with Crippen LogP contribution >= 0.6 is 0 Å². The number of rotatable bonds is 2. The number of hydrogen-bond donors (Lipinski definition) is 1. The number of H-pyrrole nitrogens is 1. The molecule has 2 aromatic heterocycles. The third kappa shape index (κ3) is 2.17. The summed E-state index contributed by atoms with van der Waals surface area (Å²) in [5.74, 6) is -0.0388. The summed E-state index contributed by atoms with van der Waals surface area (Å²) in [5, 5.41) is 10.4. The SMILES string of the molecule is CCC1CN(C(=O)c2ccnc3n[nH]nc23)CCO1. The van der Waals surface area contributed by atoms with E-state index in [-0.39, 0.29) is 12.0 Å². The highest BCUT2D eigenvalue weighted by Gasteiger charge is 2.25. The molecule has 100 valence electrons. The van der Waals surface area contributed by atoms with Gasteiger partial charge in [0.15, 0.2) is 0 Å². The Labute approximate surface area is 110 Å². The van der Waals surface area contributed by atoms with Gasteiger partial charge in [0.25, 0.3) is 5.91 Å². The Morgan fingerprint density at radius 2 is 2.47 bits per heavy atom. The zero-order valence-electron chi connectivity index (χ0n) is 10.7. The lowest BCUT2D eigenvalue weighted by molar-refractivity contribution is -0.0225. The highest BCUT2D eigenvalue weighted by Crippen LogP contribution is 2.16. The quantitative estimate of drug-likeness (QED) is 0.856. The highest BCUT2D eigenvalue weighted by atomic mass is 16.5. The highest BCUT2D eigenvalue weighted by molar-refractivity contribution is 6.03. The van der Waals surface area contributed by atoms with Crippen LogP contribution in [0.3, 0.4) is 0 Å². The van der Waals surface area contributed by atoms with Gasteiger partial charge in [-0.25, -0.2) is 4.98 Å². The first-order valence-electron chi connectivity index (χ1n) is 6.36. The molecule has 1 aliphatic heterocycles. The molecule has 0 aromatic carbocycles. The number of hydrogen-bond acceptors (Lipinski definition) is 5. The van der Waals surface area contributed by atoms with Crippen molar-refractivity contribution in [1.29, 1.82) is 0 Å². The minimum absolute atomic E-state index is 0.0388. The number of carbonyl (C=O) groups is 1. The number of fused-ring (bicyclic) bond motifs is 1. The molecule has 3 rings (SSSR count). The molecule has 2 aromatic rings. The zero-order chi connectivity index (χ0) is 13.2. The van der Waals surface area contributed by atoms with Crippen LogP contribution in [0.4, 0.5) is 0 Å². The first-order chi connectivity index (χ1) is 9.29. The van der Waals surface area contributed by atoms with Gasteiger partial charge in [0.1, 0.15) is 5.52 Å². The fourth-order valence-electron chi connectivity index (χ4n) is 2.25. The molecule has 19 heavy (non-hydrogen) atoms. The molecule has 1 fully saturated rings. The molecule has 0 aliphatic carbocycles. The van der Waals surface area contributed by atoms with Crippen LogP contribution in [-0.4, -0.2) is 57.0 Å². The number of aromatic nitrogens is 4. The molecule has 0 radical (unpaired) electrons. The number of carbonyl (C=O) groups excluding carboxylic acids is 1. The Morgan fingerprint density at radius 1 is 1.58 bits per heavy atom. The van der Waals surface area contributed by atoms with Crippen molar-refractivity contribution in [3.63, 3.8) is 0 Å². The van der Waals surface area contributed by atoms with Crippen LogP contribution in [0.2, 0.25) is 0 Å². The Bertz CT molecular complexity index is 597. The van der Waals surface area contributed by atoms with Gasteiger partial charge >= 0.3 is 0 Å². The summed E-state index contributed by atoms with van der Waals surface area (Å²) in [6.45, 7) is 3.87. The smallest absolute Gasteiger partial charge is 0.256 e. The molecule has 1 amide bonds. The first-order valence-corrected chi connectivity index (χ1v) is 6.36. The average molecular weight is 261 g/mol. The molecule has 3 heterocycles. The van der Waals surface area contributed by atoms with Crippen LogP contribution in [0.15, 0.2) is 12.3 Å². The molecule has 0 bridgehead atoms. The van der Waals surface area contributed by atoms with E-state index in [4.69, 9.17) is 4.74 Å². The predicted octanol–water partition coefficient (Wildman–Crippen LogP) is 0.604. The maximum Gasteiger partial charge on any atom is 0.256 e. The molecule has 1 atom stereocenters. The van der Waals surface area contributed by atoms with E-state index in [0.717, 1.165) is 6.42 Å². The predicted molar refractivity (Wildman–Crippen MR) is 67.6 cm³/mol. The second-order valence-corrected chi connectivity index (χ2v) is 4.51. The van der Waals surface area contributed by atoms with Crippen molar-refractivity contribution >= 4 is 17.1 Å². The molecule has 1 saturated heterocycles. The summed E-state index contributed by atoms with van der Waals surface area (Å²) in [6.07, 6.45) is 2.60. The maximum absolute atomic E-state index is 12.5. The first kappa shape index (κ1) is 12.0. The van der Waals surface area contributed by atoms with Gasteiger partial charge in [-0.2, -0.15) is 10.3 Å². The lowest BCUT2D eigenvalue weighted by Gasteiger charge is -2.32. The van der Waals surface area contributed by atoms with Gasteiger partial charge in [0.05, 0.1) is 18.3 Å². The van der Waals surface area contributed by atoms with Crippen LogP contribution in [0.1, 0.15) is 23.7 Å². The van der Waals surface area contributed by atoms with Crippen LogP contribution < -0.4 is 0 Å². The van der Waals surface area contributed by atoms with E-state index in [1.807, 2.05) is 0 Å². The largest absolute Gasteiger partial charge is 0.375 e. The van der Waals surface area contributed by atoms with Crippen molar-refractivity contribution < 1.29 is 9.53 Å². The summed E-state index contributed by atoms with van der Waals surface area (Å²) in [6, 6.07) is 1.68. The molecule has 1 N–H and O–H groups in total. The molecule has 1 unspecified atom stereocenters. The summed E-state index contributed by atoms with van der Waals surface area (Å²) in [5.41, 5.74) is 1.52. The molecule has 0 saturated carbocycles. The Morgan fingerprint density at radius 3 is 3.32 bits per heavy atom. The van der Waals surface area contributed by atoms with Crippen molar-refractivity contribution in [2.75, 3.05) is 19.7 Å². The third-order valence-corrected chi connectivity index (χ3v) is 3.33. The molecular formula is C12H15N5O2. The van der Waals surface area contributed by atoms with E-state index in [1.54, 1.807) is 17.2 Å².